The monoisotopic (exact) mass is 289 g/mol. The lowest BCUT2D eigenvalue weighted by atomic mass is 10.1. The van der Waals surface area contributed by atoms with Crippen LogP contribution in [0.1, 0.15) is 12.5 Å². The highest BCUT2D eigenvalue weighted by Gasteiger charge is 2.37. The van der Waals surface area contributed by atoms with Gasteiger partial charge in [0, 0.05) is 32.2 Å². The molecule has 2 aliphatic heterocycles. The summed E-state index contributed by atoms with van der Waals surface area (Å²) in [5.41, 5.74) is 1.56. The Labute approximate surface area is 121 Å². The van der Waals surface area contributed by atoms with Crippen molar-refractivity contribution in [2.75, 3.05) is 18.5 Å². The van der Waals surface area contributed by atoms with Crippen LogP contribution in [0.2, 0.25) is 0 Å². The zero-order chi connectivity index (χ0) is 15.0. The van der Waals surface area contributed by atoms with Crippen LogP contribution in [-0.2, 0) is 16.0 Å². The van der Waals surface area contributed by atoms with Crippen molar-refractivity contribution in [3.05, 3.63) is 23.8 Å². The number of benzene rings is 1. The fraction of sp³-hybridized carbons (Fsp3) is 0.357. The molecule has 0 unspecified atom stereocenters. The smallest absolute Gasteiger partial charge is 0.416 e. The van der Waals surface area contributed by atoms with Gasteiger partial charge in [0.05, 0.1) is 12.2 Å². The highest BCUT2D eigenvalue weighted by Crippen LogP contribution is 2.36. The normalized spacial score (nSPS) is 19.8. The Balaban J connectivity index is 1.89. The van der Waals surface area contributed by atoms with Crippen LogP contribution in [0.3, 0.4) is 0 Å². The second kappa shape index (κ2) is 5.08. The van der Waals surface area contributed by atoms with Gasteiger partial charge in [-0.15, -0.1) is 0 Å². The molecule has 7 heteroatoms. The molecule has 3 rings (SSSR count). The summed E-state index contributed by atoms with van der Waals surface area (Å²) in [5.74, 6) is 0.397. The first-order valence-corrected chi connectivity index (χ1v) is 6.60. The van der Waals surface area contributed by atoms with Crippen LogP contribution < -0.4 is 9.74 Å². The van der Waals surface area contributed by atoms with Crippen LogP contribution in [0, 0.1) is 0 Å². The Bertz CT molecular complexity index is 629. The Morgan fingerprint density at radius 2 is 2.29 bits per heavy atom. The number of oxime groups is 1. The molecule has 1 aromatic carbocycles. The number of ether oxygens (including phenoxy) is 1. The second-order valence-corrected chi connectivity index (χ2v) is 4.93. The average Bonchev–Trinajstić information content (AvgIpc) is 2.87. The maximum Gasteiger partial charge on any atom is 0.416 e. The lowest BCUT2D eigenvalue weighted by Crippen LogP contribution is -2.38. The van der Waals surface area contributed by atoms with Gasteiger partial charge in [-0.2, -0.15) is 0 Å². The zero-order valence-corrected chi connectivity index (χ0v) is 11.8. The van der Waals surface area contributed by atoms with E-state index >= 15 is 0 Å². The van der Waals surface area contributed by atoms with E-state index in [-0.39, 0.29) is 12.5 Å². The van der Waals surface area contributed by atoms with E-state index in [2.05, 4.69) is 5.16 Å². The van der Waals surface area contributed by atoms with Crippen LogP contribution in [0.15, 0.2) is 23.4 Å². The Morgan fingerprint density at radius 1 is 1.48 bits per heavy atom. The predicted molar refractivity (Wildman–Crippen MR) is 75.3 cm³/mol. The quantitative estimate of drug-likeness (QED) is 0.824. The number of nitrogens with zero attached hydrogens (tertiary/aromatic N) is 3. The molecule has 0 saturated carbocycles. The predicted octanol–water partition coefficient (Wildman–Crippen LogP) is 1.37. The first-order chi connectivity index (χ1) is 10.1. The van der Waals surface area contributed by atoms with Crippen molar-refractivity contribution in [2.24, 2.45) is 5.16 Å². The van der Waals surface area contributed by atoms with Gasteiger partial charge in [0.2, 0.25) is 5.91 Å². The van der Waals surface area contributed by atoms with E-state index in [4.69, 9.17) is 9.57 Å². The minimum Gasteiger partial charge on any atom is -0.423 e. The maximum atomic E-state index is 12.1. The van der Waals surface area contributed by atoms with Crippen molar-refractivity contribution < 1.29 is 19.2 Å². The van der Waals surface area contributed by atoms with E-state index in [1.807, 2.05) is 12.1 Å². The van der Waals surface area contributed by atoms with Crippen molar-refractivity contribution >= 4 is 23.9 Å². The number of amides is 2. The first kappa shape index (κ1) is 13.4. The number of fused-ring (bicyclic) bond motifs is 1. The lowest BCUT2D eigenvalue weighted by Gasteiger charge is -2.21. The number of carbonyl (C=O) groups excluding carboxylic acids is 2. The highest BCUT2D eigenvalue weighted by molar-refractivity contribution is 5.92. The summed E-state index contributed by atoms with van der Waals surface area (Å²) in [6.45, 7) is 1.69. The maximum absolute atomic E-state index is 12.1. The largest absolute Gasteiger partial charge is 0.423 e. The number of rotatable bonds is 2. The molecule has 0 spiro atoms. The molecule has 1 aromatic rings. The van der Waals surface area contributed by atoms with E-state index in [9.17, 15) is 9.59 Å². The zero-order valence-electron chi connectivity index (χ0n) is 11.8. The third-order valence-corrected chi connectivity index (χ3v) is 3.62. The molecule has 7 nitrogen and oxygen atoms in total. The number of para-hydroxylation sites is 1. The van der Waals surface area contributed by atoms with Gasteiger partial charge in [0.1, 0.15) is 0 Å². The van der Waals surface area contributed by atoms with Gasteiger partial charge in [-0.3, -0.25) is 9.69 Å². The summed E-state index contributed by atoms with van der Waals surface area (Å²) in [6.07, 6.45) is 1.22. The summed E-state index contributed by atoms with van der Waals surface area (Å²) in [7, 11) is 1.60. The molecule has 0 bridgehead atoms. The van der Waals surface area contributed by atoms with Crippen molar-refractivity contribution in [3.63, 3.8) is 0 Å². The molecule has 0 N–H and O–H groups in total. The van der Waals surface area contributed by atoms with Gasteiger partial charge in [-0.05, 0) is 6.07 Å². The van der Waals surface area contributed by atoms with E-state index in [1.54, 1.807) is 19.3 Å². The van der Waals surface area contributed by atoms with Gasteiger partial charge in [0.15, 0.2) is 12.0 Å². The fourth-order valence-corrected chi connectivity index (χ4v) is 2.32. The molecule has 1 saturated heterocycles. The van der Waals surface area contributed by atoms with Gasteiger partial charge < -0.3 is 14.5 Å². The van der Waals surface area contributed by atoms with Crippen molar-refractivity contribution in [1.82, 2.24) is 4.90 Å². The standard InChI is InChI=1S/C14H15N3O4/c1-9(18)16(2)12-8-17(14(19)20-12)11-5-3-4-10-6-7-15-21-13(10)11/h3-5,7,12H,6,8H2,1-2H3/t12-/m0/s1. The first-order valence-electron chi connectivity index (χ1n) is 6.60. The van der Waals surface area contributed by atoms with Crippen molar-refractivity contribution in [3.8, 4) is 5.75 Å². The Hall–Kier alpha value is -2.57. The molecule has 2 amide bonds. The molecule has 0 aromatic heterocycles. The minimum absolute atomic E-state index is 0.161. The molecule has 0 radical (unpaired) electrons. The Morgan fingerprint density at radius 3 is 3.05 bits per heavy atom. The summed E-state index contributed by atoms with van der Waals surface area (Å²) in [4.78, 5) is 31.6. The third kappa shape index (κ3) is 2.31. The number of hydrogen-bond donors (Lipinski definition) is 0. The third-order valence-electron chi connectivity index (χ3n) is 3.62. The number of likely N-dealkylation sites (N-methyl/N-ethyl adjacent to an activating group) is 1. The van der Waals surface area contributed by atoms with E-state index < -0.39 is 12.3 Å². The molecule has 1 fully saturated rings. The number of hydrogen-bond acceptors (Lipinski definition) is 5. The fourth-order valence-electron chi connectivity index (χ4n) is 2.32. The molecule has 110 valence electrons. The molecule has 2 heterocycles. The van der Waals surface area contributed by atoms with E-state index in [0.717, 1.165) is 5.56 Å². The number of cyclic esters (lactones) is 1. The molecule has 1 atom stereocenters. The molecular weight excluding hydrogens is 274 g/mol. The molecule has 0 aliphatic carbocycles. The minimum atomic E-state index is -0.599. The lowest BCUT2D eigenvalue weighted by molar-refractivity contribution is -0.134. The van der Waals surface area contributed by atoms with Crippen LogP contribution >= 0.6 is 0 Å². The summed E-state index contributed by atoms with van der Waals surface area (Å²) < 4.78 is 5.24. The SMILES string of the molecule is CC(=O)N(C)[C@@H]1CN(c2cccc3c2ON=CC3)C(=O)O1. The highest BCUT2D eigenvalue weighted by atomic mass is 16.6. The summed E-state index contributed by atoms with van der Waals surface area (Å²) in [5, 5.41) is 3.79. The molecule has 2 aliphatic rings. The van der Waals surface area contributed by atoms with Crippen LogP contribution in [0.5, 0.6) is 5.75 Å². The van der Waals surface area contributed by atoms with Gasteiger partial charge in [-0.1, -0.05) is 17.3 Å². The van der Waals surface area contributed by atoms with E-state index in [0.29, 0.717) is 17.9 Å². The van der Waals surface area contributed by atoms with Crippen LogP contribution in [0.25, 0.3) is 0 Å². The molecular formula is C14H15N3O4. The Kier molecular flexibility index (Phi) is 3.25. The number of carbonyl (C=O) groups is 2. The average molecular weight is 289 g/mol. The van der Waals surface area contributed by atoms with Crippen molar-refractivity contribution in [2.45, 2.75) is 19.6 Å². The van der Waals surface area contributed by atoms with Crippen LogP contribution in [-0.4, -0.2) is 42.9 Å². The van der Waals surface area contributed by atoms with Gasteiger partial charge >= 0.3 is 6.09 Å². The van der Waals surface area contributed by atoms with Gasteiger partial charge in [0.25, 0.3) is 0 Å². The topological polar surface area (TPSA) is 71.4 Å². The number of anilines is 1. The molecule has 21 heavy (non-hydrogen) atoms. The van der Waals surface area contributed by atoms with Crippen molar-refractivity contribution in [1.29, 1.82) is 0 Å². The summed E-state index contributed by atoms with van der Waals surface area (Å²) >= 11 is 0. The summed E-state index contributed by atoms with van der Waals surface area (Å²) in [6, 6.07) is 5.55. The van der Waals surface area contributed by atoms with Crippen LogP contribution in [0.4, 0.5) is 10.5 Å². The van der Waals surface area contributed by atoms with Gasteiger partial charge in [-0.25, -0.2) is 4.79 Å². The second-order valence-electron chi connectivity index (χ2n) is 4.93. The van der Waals surface area contributed by atoms with E-state index in [1.165, 1.54) is 16.7 Å².